The summed E-state index contributed by atoms with van der Waals surface area (Å²) in [6.45, 7) is 0.615. The van der Waals surface area contributed by atoms with Crippen LogP contribution in [0.3, 0.4) is 0 Å². The first-order valence-corrected chi connectivity index (χ1v) is 7.02. The maximum absolute atomic E-state index is 12.2. The molecule has 1 aliphatic heterocycles. The van der Waals surface area contributed by atoms with Gasteiger partial charge < -0.3 is 5.73 Å². The Kier molecular flexibility index (Phi) is 4.38. The van der Waals surface area contributed by atoms with Crippen LogP contribution in [0, 0.1) is 0 Å². The Bertz CT molecular complexity index is 436. The van der Waals surface area contributed by atoms with Crippen LogP contribution < -0.4 is 10.6 Å². The maximum Gasteiger partial charge on any atom is 0.247 e. The zero-order chi connectivity index (χ0) is 13.0. The maximum atomic E-state index is 12.2. The third kappa shape index (κ3) is 2.73. The summed E-state index contributed by atoms with van der Waals surface area (Å²) in [5, 5.41) is -0.246. The Morgan fingerprint density at radius 2 is 2.00 bits per heavy atom. The number of benzene rings is 1. The monoisotopic (exact) mass is 264 g/mol. The molecule has 1 unspecified atom stereocenters. The van der Waals surface area contributed by atoms with Gasteiger partial charge in [0.1, 0.15) is 0 Å². The second-order valence-corrected chi connectivity index (χ2v) is 5.42. The third-order valence-corrected chi connectivity index (χ3v) is 4.08. The Balaban J connectivity index is 2.06. The van der Waals surface area contributed by atoms with Gasteiger partial charge in [0.2, 0.25) is 11.8 Å². The lowest BCUT2D eigenvalue weighted by Gasteiger charge is -2.14. The molecule has 1 aromatic rings. The lowest BCUT2D eigenvalue weighted by molar-refractivity contribution is -0.121. The van der Waals surface area contributed by atoms with Crippen molar-refractivity contribution in [1.29, 1.82) is 0 Å². The summed E-state index contributed by atoms with van der Waals surface area (Å²) in [5.74, 6) is 0.604. The first kappa shape index (κ1) is 13.1. The van der Waals surface area contributed by atoms with Gasteiger partial charge in [-0.25, -0.2) is 4.90 Å². The van der Waals surface area contributed by atoms with Crippen LogP contribution in [0.5, 0.6) is 0 Å². The van der Waals surface area contributed by atoms with E-state index in [9.17, 15) is 9.59 Å². The molecule has 0 aliphatic carbocycles. The molecule has 0 saturated carbocycles. The molecule has 1 saturated heterocycles. The molecule has 18 heavy (non-hydrogen) atoms. The summed E-state index contributed by atoms with van der Waals surface area (Å²) < 4.78 is 0. The van der Waals surface area contributed by atoms with E-state index in [1.807, 2.05) is 18.2 Å². The van der Waals surface area contributed by atoms with Crippen molar-refractivity contribution in [1.82, 2.24) is 0 Å². The number of anilines is 1. The van der Waals surface area contributed by atoms with E-state index in [0.717, 1.165) is 12.2 Å². The Morgan fingerprint density at radius 3 is 2.67 bits per heavy atom. The molecule has 4 nitrogen and oxygen atoms in total. The minimum absolute atomic E-state index is 0.103. The summed E-state index contributed by atoms with van der Waals surface area (Å²) in [7, 11) is 0. The molecule has 2 N–H and O–H groups in total. The van der Waals surface area contributed by atoms with E-state index in [1.54, 1.807) is 12.1 Å². The lowest BCUT2D eigenvalue weighted by Crippen LogP contribution is -2.31. The number of rotatable bonds is 5. The standard InChI is InChI=1S/C13H16N2O2S/c14-7-4-8-18-11-9-12(16)15(13(11)17)10-5-2-1-3-6-10/h1-3,5-6,11H,4,7-9,14H2. The molecule has 0 aromatic heterocycles. The predicted molar refractivity (Wildman–Crippen MR) is 73.5 cm³/mol. The first-order valence-electron chi connectivity index (χ1n) is 5.97. The van der Waals surface area contributed by atoms with Crippen molar-refractivity contribution < 1.29 is 9.59 Å². The normalized spacial score (nSPS) is 19.6. The number of carbonyl (C=O) groups excluding carboxylic acids is 2. The van der Waals surface area contributed by atoms with Gasteiger partial charge in [-0.05, 0) is 30.9 Å². The first-order chi connectivity index (χ1) is 8.74. The van der Waals surface area contributed by atoms with E-state index in [4.69, 9.17) is 5.73 Å². The van der Waals surface area contributed by atoms with Gasteiger partial charge in [0.25, 0.3) is 0 Å². The molecule has 0 spiro atoms. The van der Waals surface area contributed by atoms with Crippen molar-refractivity contribution in [2.24, 2.45) is 5.73 Å². The summed E-state index contributed by atoms with van der Waals surface area (Å²) in [4.78, 5) is 25.4. The van der Waals surface area contributed by atoms with E-state index < -0.39 is 0 Å². The zero-order valence-corrected chi connectivity index (χ0v) is 10.9. The van der Waals surface area contributed by atoms with Crippen molar-refractivity contribution in [2.75, 3.05) is 17.2 Å². The highest BCUT2D eigenvalue weighted by atomic mass is 32.2. The van der Waals surface area contributed by atoms with E-state index in [0.29, 0.717) is 18.7 Å². The van der Waals surface area contributed by atoms with Gasteiger partial charge in [-0.1, -0.05) is 18.2 Å². The van der Waals surface area contributed by atoms with Gasteiger partial charge in [-0.2, -0.15) is 0 Å². The number of hydrogen-bond donors (Lipinski definition) is 1. The molecular formula is C13H16N2O2S. The molecule has 2 amide bonds. The largest absolute Gasteiger partial charge is 0.330 e. The molecule has 1 fully saturated rings. The molecule has 1 aliphatic rings. The van der Waals surface area contributed by atoms with Gasteiger partial charge in [-0.15, -0.1) is 11.8 Å². The van der Waals surface area contributed by atoms with Crippen molar-refractivity contribution in [3.63, 3.8) is 0 Å². The van der Waals surface area contributed by atoms with Crippen molar-refractivity contribution >= 4 is 29.3 Å². The number of nitrogens with two attached hydrogens (primary N) is 1. The van der Waals surface area contributed by atoms with Crippen LogP contribution in [0.15, 0.2) is 30.3 Å². The fraction of sp³-hybridized carbons (Fsp3) is 0.385. The summed E-state index contributed by atoms with van der Waals surface area (Å²) in [6.07, 6.45) is 1.16. The lowest BCUT2D eigenvalue weighted by atomic mass is 10.3. The van der Waals surface area contributed by atoms with Crippen LogP contribution in [0.1, 0.15) is 12.8 Å². The molecular weight excluding hydrogens is 248 g/mol. The molecule has 0 radical (unpaired) electrons. The second kappa shape index (κ2) is 6.02. The van der Waals surface area contributed by atoms with E-state index in [1.165, 1.54) is 16.7 Å². The zero-order valence-electron chi connectivity index (χ0n) is 10.0. The molecule has 0 bridgehead atoms. The quantitative estimate of drug-likeness (QED) is 0.645. The fourth-order valence-corrected chi connectivity index (χ4v) is 3.02. The number of carbonyl (C=O) groups is 2. The van der Waals surface area contributed by atoms with Crippen molar-refractivity contribution in [2.45, 2.75) is 18.1 Å². The van der Waals surface area contributed by atoms with Crippen LogP contribution in [0.4, 0.5) is 5.69 Å². The Hall–Kier alpha value is -1.33. The summed E-state index contributed by atoms with van der Waals surface area (Å²) in [6, 6.07) is 9.07. The smallest absolute Gasteiger partial charge is 0.247 e. The number of amides is 2. The van der Waals surface area contributed by atoms with Crippen molar-refractivity contribution in [3.05, 3.63) is 30.3 Å². The summed E-state index contributed by atoms with van der Waals surface area (Å²) >= 11 is 1.53. The molecule has 96 valence electrons. The SMILES string of the molecule is NCCCSC1CC(=O)N(c2ccccc2)C1=O. The minimum Gasteiger partial charge on any atom is -0.330 e. The van der Waals surface area contributed by atoms with Gasteiger partial charge in [0.05, 0.1) is 10.9 Å². The van der Waals surface area contributed by atoms with Crippen LogP contribution in [-0.2, 0) is 9.59 Å². The van der Waals surface area contributed by atoms with Crippen LogP contribution in [0.2, 0.25) is 0 Å². The molecule has 2 rings (SSSR count). The molecule has 1 heterocycles. The van der Waals surface area contributed by atoms with Gasteiger partial charge in [-0.3, -0.25) is 9.59 Å². The third-order valence-electron chi connectivity index (χ3n) is 2.79. The Labute approximate surface area is 111 Å². The number of nitrogens with zero attached hydrogens (tertiary/aromatic N) is 1. The Morgan fingerprint density at radius 1 is 1.28 bits per heavy atom. The average Bonchev–Trinajstić information content (AvgIpc) is 2.66. The van der Waals surface area contributed by atoms with E-state index >= 15 is 0 Å². The number of hydrogen-bond acceptors (Lipinski definition) is 4. The van der Waals surface area contributed by atoms with Crippen LogP contribution >= 0.6 is 11.8 Å². The number of imide groups is 1. The predicted octanol–water partition coefficient (Wildman–Crippen LogP) is 1.40. The van der Waals surface area contributed by atoms with Crippen LogP contribution in [0.25, 0.3) is 0 Å². The highest BCUT2D eigenvalue weighted by molar-refractivity contribution is 8.00. The highest BCUT2D eigenvalue weighted by Gasteiger charge is 2.39. The van der Waals surface area contributed by atoms with Crippen molar-refractivity contribution in [3.8, 4) is 0 Å². The fourth-order valence-electron chi connectivity index (χ4n) is 1.89. The second-order valence-electron chi connectivity index (χ2n) is 4.11. The summed E-state index contributed by atoms with van der Waals surface area (Å²) in [5.41, 5.74) is 6.08. The molecule has 1 atom stereocenters. The topological polar surface area (TPSA) is 63.4 Å². The van der Waals surface area contributed by atoms with Gasteiger partial charge in [0.15, 0.2) is 0 Å². The van der Waals surface area contributed by atoms with Gasteiger partial charge >= 0.3 is 0 Å². The van der Waals surface area contributed by atoms with Gasteiger partial charge in [0, 0.05) is 6.42 Å². The molecule has 5 heteroatoms. The van der Waals surface area contributed by atoms with Crippen LogP contribution in [-0.4, -0.2) is 29.4 Å². The van der Waals surface area contributed by atoms with E-state index in [2.05, 4.69) is 0 Å². The number of thioether (sulfide) groups is 1. The van der Waals surface area contributed by atoms with E-state index in [-0.39, 0.29) is 17.1 Å². The number of para-hydroxylation sites is 1. The molecule has 1 aromatic carbocycles. The minimum atomic E-state index is -0.246. The highest BCUT2D eigenvalue weighted by Crippen LogP contribution is 2.29. The average molecular weight is 264 g/mol.